The topological polar surface area (TPSA) is 64.5 Å². The van der Waals surface area contributed by atoms with Crippen LogP contribution < -0.4 is 4.74 Å². The second-order valence-corrected chi connectivity index (χ2v) is 6.90. The SMILES string of the molecule is O=C(OC(C(F)(F)F)C(F)(F)F)N1CCC(Oc2cncc(-c3ccc(F)cc3)n2)CC1. The molecule has 0 saturated carbocycles. The van der Waals surface area contributed by atoms with E-state index in [1.165, 1.54) is 36.7 Å². The van der Waals surface area contributed by atoms with Gasteiger partial charge in [-0.25, -0.2) is 14.2 Å². The van der Waals surface area contributed by atoms with Crippen LogP contribution in [0.15, 0.2) is 36.7 Å². The highest BCUT2D eigenvalue weighted by Crippen LogP contribution is 2.36. The fourth-order valence-electron chi connectivity index (χ4n) is 2.99. The number of alkyl halides is 6. The molecule has 0 atom stereocenters. The van der Waals surface area contributed by atoms with Crippen LogP contribution >= 0.6 is 0 Å². The van der Waals surface area contributed by atoms with Gasteiger partial charge in [0.1, 0.15) is 11.9 Å². The van der Waals surface area contributed by atoms with E-state index in [1.807, 2.05) is 0 Å². The van der Waals surface area contributed by atoms with Crippen molar-refractivity contribution >= 4 is 6.09 Å². The molecule has 13 heteroatoms. The smallest absolute Gasteiger partial charge is 0.434 e. The number of ether oxygens (including phenoxy) is 2. The normalized spacial score (nSPS) is 15.7. The van der Waals surface area contributed by atoms with E-state index in [-0.39, 0.29) is 31.8 Å². The molecule has 0 radical (unpaired) electrons. The van der Waals surface area contributed by atoms with Crippen LogP contribution in [0.4, 0.5) is 35.5 Å². The second kappa shape index (κ2) is 9.17. The molecule has 1 fully saturated rings. The van der Waals surface area contributed by atoms with Gasteiger partial charge >= 0.3 is 18.4 Å². The zero-order valence-corrected chi connectivity index (χ0v) is 16.2. The number of hydrogen-bond donors (Lipinski definition) is 0. The number of piperidine rings is 1. The maximum atomic E-state index is 13.1. The second-order valence-electron chi connectivity index (χ2n) is 6.90. The van der Waals surface area contributed by atoms with Gasteiger partial charge in [-0.05, 0) is 24.3 Å². The molecule has 1 aliphatic rings. The fraction of sp³-hybridized carbons (Fsp3) is 0.421. The number of amides is 1. The van der Waals surface area contributed by atoms with Crippen molar-refractivity contribution in [2.24, 2.45) is 0 Å². The summed E-state index contributed by atoms with van der Waals surface area (Å²) in [6, 6.07) is 5.51. The Labute approximate surface area is 177 Å². The summed E-state index contributed by atoms with van der Waals surface area (Å²) in [5.74, 6) is -0.293. The van der Waals surface area contributed by atoms with Gasteiger partial charge in [-0.2, -0.15) is 26.3 Å². The highest BCUT2D eigenvalue weighted by Gasteiger charge is 2.60. The molecule has 0 bridgehead atoms. The molecular formula is C19H16F7N3O3. The van der Waals surface area contributed by atoms with Crippen LogP contribution in [0.25, 0.3) is 11.3 Å². The standard InChI is InChI=1S/C19H16F7N3O3/c20-12-3-1-11(2-4-12)14-9-27-10-15(28-14)31-13-5-7-29(8-6-13)17(30)32-16(18(21,22)23)19(24,25)26/h1-4,9-10,13,16H,5-8H2. The maximum Gasteiger partial charge on any atom is 0.434 e. The number of hydrogen-bond acceptors (Lipinski definition) is 5. The first kappa shape index (κ1) is 23.5. The summed E-state index contributed by atoms with van der Waals surface area (Å²) >= 11 is 0. The van der Waals surface area contributed by atoms with Crippen LogP contribution in [0, 0.1) is 5.82 Å². The van der Waals surface area contributed by atoms with Crippen molar-refractivity contribution in [3.63, 3.8) is 0 Å². The zero-order valence-electron chi connectivity index (χ0n) is 16.2. The Kier molecular flexibility index (Phi) is 6.74. The predicted octanol–water partition coefficient (Wildman–Crippen LogP) is 4.76. The molecule has 2 heterocycles. The van der Waals surface area contributed by atoms with Crippen molar-refractivity contribution in [3.8, 4) is 17.1 Å². The summed E-state index contributed by atoms with van der Waals surface area (Å²) < 4.78 is 97.8. The van der Waals surface area contributed by atoms with Crippen LogP contribution in [-0.4, -0.2) is 58.6 Å². The molecule has 174 valence electrons. The molecule has 1 aliphatic heterocycles. The van der Waals surface area contributed by atoms with Gasteiger partial charge in [0, 0.05) is 31.5 Å². The van der Waals surface area contributed by atoms with Gasteiger partial charge in [0.2, 0.25) is 5.88 Å². The molecule has 6 nitrogen and oxygen atoms in total. The highest BCUT2D eigenvalue weighted by molar-refractivity contribution is 5.68. The first-order valence-electron chi connectivity index (χ1n) is 9.27. The molecule has 0 spiro atoms. The Balaban J connectivity index is 1.56. The third-order valence-electron chi connectivity index (χ3n) is 4.55. The third-order valence-corrected chi connectivity index (χ3v) is 4.55. The van der Waals surface area contributed by atoms with E-state index in [0.717, 1.165) is 4.90 Å². The number of nitrogens with zero attached hydrogens (tertiary/aromatic N) is 3. The lowest BCUT2D eigenvalue weighted by Gasteiger charge is -2.32. The third kappa shape index (κ3) is 5.98. The Morgan fingerprint density at radius 2 is 1.59 bits per heavy atom. The molecule has 2 aromatic rings. The number of aromatic nitrogens is 2. The number of carbonyl (C=O) groups is 1. The van der Waals surface area contributed by atoms with E-state index in [9.17, 15) is 35.5 Å². The molecule has 0 aliphatic carbocycles. The van der Waals surface area contributed by atoms with Gasteiger partial charge in [-0.3, -0.25) is 4.98 Å². The van der Waals surface area contributed by atoms with Crippen molar-refractivity contribution in [3.05, 3.63) is 42.5 Å². The average Bonchev–Trinajstić information content (AvgIpc) is 2.71. The first-order chi connectivity index (χ1) is 14.9. The van der Waals surface area contributed by atoms with E-state index in [2.05, 4.69) is 14.7 Å². The highest BCUT2D eigenvalue weighted by atomic mass is 19.4. The summed E-state index contributed by atoms with van der Waals surface area (Å²) in [5, 5.41) is 0. The number of benzene rings is 1. The Bertz CT molecular complexity index is 913. The van der Waals surface area contributed by atoms with E-state index < -0.39 is 36.5 Å². The molecule has 32 heavy (non-hydrogen) atoms. The summed E-state index contributed by atoms with van der Waals surface area (Å²) in [6.45, 7) is -0.339. The van der Waals surface area contributed by atoms with Crippen molar-refractivity contribution in [2.45, 2.75) is 37.4 Å². The summed E-state index contributed by atoms with van der Waals surface area (Å²) in [7, 11) is 0. The van der Waals surface area contributed by atoms with Crippen LogP contribution in [-0.2, 0) is 4.74 Å². The number of likely N-dealkylation sites (tertiary alicyclic amines) is 1. The van der Waals surface area contributed by atoms with Crippen LogP contribution in [0.2, 0.25) is 0 Å². The molecule has 1 aromatic carbocycles. The predicted molar refractivity (Wildman–Crippen MR) is 95.0 cm³/mol. The largest absolute Gasteiger partial charge is 0.473 e. The van der Waals surface area contributed by atoms with Crippen molar-refractivity contribution in [1.82, 2.24) is 14.9 Å². The number of carbonyl (C=O) groups excluding carboxylic acids is 1. The monoisotopic (exact) mass is 467 g/mol. The summed E-state index contributed by atoms with van der Waals surface area (Å²) in [4.78, 5) is 20.8. The lowest BCUT2D eigenvalue weighted by molar-refractivity contribution is -0.308. The Morgan fingerprint density at radius 1 is 1.00 bits per heavy atom. The zero-order chi connectivity index (χ0) is 23.5. The molecule has 3 rings (SSSR count). The lowest BCUT2D eigenvalue weighted by Crippen LogP contribution is -2.50. The van der Waals surface area contributed by atoms with Crippen molar-refractivity contribution < 1.29 is 45.0 Å². The Morgan fingerprint density at radius 3 is 2.16 bits per heavy atom. The minimum absolute atomic E-state index is 0.125. The van der Waals surface area contributed by atoms with Crippen LogP contribution in [0.5, 0.6) is 5.88 Å². The summed E-state index contributed by atoms with van der Waals surface area (Å²) in [6.07, 6.45) is -14.9. The quantitative estimate of drug-likeness (QED) is 0.607. The molecule has 1 aromatic heterocycles. The fourth-order valence-corrected chi connectivity index (χ4v) is 2.99. The van der Waals surface area contributed by atoms with Gasteiger partial charge in [0.25, 0.3) is 6.10 Å². The number of halogens is 7. The Hall–Kier alpha value is -3.12. The molecule has 0 unspecified atom stereocenters. The molecule has 1 saturated heterocycles. The van der Waals surface area contributed by atoms with E-state index in [0.29, 0.717) is 11.3 Å². The first-order valence-corrected chi connectivity index (χ1v) is 9.27. The van der Waals surface area contributed by atoms with Crippen molar-refractivity contribution in [2.75, 3.05) is 13.1 Å². The number of rotatable bonds is 4. The van der Waals surface area contributed by atoms with Gasteiger partial charge in [0.05, 0.1) is 18.1 Å². The molecular weight excluding hydrogens is 451 g/mol. The van der Waals surface area contributed by atoms with Crippen LogP contribution in [0.3, 0.4) is 0 Å². The van der Waals surface area contributed by atoms with Crippen molar-refractivity contribution in [1.29, 1.82) is 0 Å². The maximum absolute atomic E-state index is 13.1. The summed E-state index contributed by atoms with van der Waals surface area (Å²) in [5.41, 5.74) is 1.000. The van der Waals surface area contributed by atoms with Crippen LogP contribution in [0.1, 0.15) is 12.8 Å². The van der Waals surface area contributed by atoms with Gasteiger partial charge in [-0.15, -0.1) is 0 Å². The van der Waals surface area contributed by atoms with Gasteiger partial charge < -0.3 is 14.4 Å². The average molecular weight is 467 g/mol. The van der Waals surface area contributed by atoms with E-state index in [4.69, 9.17) is 4.74 Å². The minimum atomic E-state index is -5.77. The van der Waals surface area contributed by atoms with Gasteiger partial charge in [-0.1, -0.05) is 0 Å². The minimum Gasteiger partial charge on any atom is -0.473 e. The van der Waals surface area contributed by atoms with E-state index >= 15 is 0 Å². The van der Waals surface area contributed by atoms with Gasteiger partial charge in [0.15, 0.2) is 0 Å². The molecule has 1 amide bonds. The lowest BCUT2D eigenvalue weighted by atomic mass is 10.1. The van der Waals surface area contributed by atoms with E-state index in [1.54, 1.807) is 0 Å². The molecule has 0 N–H and O–H groups in total.